The van der Waals surface area contributed by atoms with E-state index in [-0.39, 0.29) is 11.8 Å². The predicted molar refractivity (Wildman–Crippen MR) is 51.4 cm³/mol. The average Bonchev–Trinajstić information content (AvgIpc) is 2.48. The fraction of sp³-hybridized carbons (Fsp3) is 0.818. The summed E-state index contributed by atoms with van der Waals surface area (Å²) in [5.41, 5.74) is 0. The van der Waals surface area contributed by atoms with Crippen LogP contribution in [0, 0.1) is 11.8 Å². The van der Waals surface area contributed by atoms with E-state index in [1.54, 1.807) is 0 Å². The summed E-state index contributed by atoms with van der Waals surface area (Å²) in [6.07, 6.45) is 6.76. The van der Waals surface area contributed by atoms with Crippen LogP contribution in [0.4, 0.5) is 0 Å². The lowest BCUT2D eigenvalue weighted by Crippen LogP contribution is -2.15. The molecule has 1 aliphatic rings. The number of carbonyl (C=O) groups excluding carboxylic acids is 2. The standard InChI is InChI=1S/C11H18O2/c1-2-3-4-5-10-9(8-12)6-7-11(10)13/h8-10H,2-7H2,1H3. The molecule has 2 unspecified atom stereocenters. The molecule has 0 aromatic carbocycles. The molecule has 1 saturated carbocycles. The molecule has 0 N–H and O–H groups in total. The molecular formula is C11H18O2. The highest BCUT2D eigenvalue weighted by Crippen LogP contribution is 2.31. The molecule has 13 heavy (non-hydrogen) atoms. The minimum atomic E-state index is 0.0318. The van der Waals surface area contributed by atoms with Gasteiger partial charge in [-0.1, -0.05) is 26.2 Å². The summed E-state index contributed by atoms with van der Waals surface area (Å²) in [5.74, 6) is 0.404. The van der Waals surface area contributed by atoms with Crippen molar-refractivity contribution in [1.29, 1.82) is 0 Å². The van der Waals surface area contributed by atoms with Gasteiger partial charge in [0.2, 0.25) is 0 Å². The molecule has 2 heteroatoms. The first-order chi connectivity index (χ1) is 6.29. The van der Waals surface area contributed by atoms with E-state index < -0.39 is 0 Å². The van der Waals surface area contributed by atoms with Gasteiger partial charge in [0.15, 0.2) is 0 Å². The normalized spacial score (nSPS) is 27.9. The molecule has 1 aliphatic carbocycles. The largest absolute Gasteiger partial charge is 0.303 e. The van der Waals surface area contributed by atoms with Gasteiger partial charge in [0.25, 0.3) is 0 Å². The number of ketones is 1. The Morgan fingerprint density at radius 2 is 2.23 bits per heavy atom. The Bertz CT molecular complexity index is 187. The highest BCUT2D eigenvalue weighted by Gasteiger charge is 2.33. The van der Waals surface area contributed by atoms with E-state index in [2.05, 4.69) is 6.92 Å². The molecule has 0 aliphatic heterocycles. The highest BCUT2D eigenvalue weighted by atomic mass is 16.1. The van der Waals surface area contributed by atoms with E-state index >= 15 is 0 Å². The molecule has 2 atom stereocenters. The zero-order valence-corrected chi connectivity index (χ0v) is 8.29. The van der Waals surface area contributed by atoms with Gasteiger partial charge in [-0.3, -0.25) is 4.79 Å². The van der Waals surface area contributed by atoms with Crippen molar-refractivity contribution in [3.05, 3.63) is 0 Å². The molecule has 1 fully saturated rings. The second-order valence-electron chi connectivity index (χ2n) is 3.91. The zero-order valence-electron chi connectivity index (χ0n) is 8.29. The maximum Gasteiger partial charge on any atom is 0.136 e. The lowest BCUT2D eigenvalue weighted by Gasteiger charge is -2.11. The quantitative estimate of drug-likeness (QED) is 0.483. The first kappa shape index (κ1) is 10.4. The predicted octanol–water partition coefficient (Wildman–Crippen LogP) is 2.36. The van der Waals surface area contributed by atoms with Gasteiger partial charge in [0.05, 0.1) is 0 Å². The molecule has 2 nitrogen and oxygen atoms in total. The van der Waals surface area contributed by atoms with Crippen molar-refractivity contribution >= 4 is 12.1 Å². The van der Waals surface area contributed by atoms with Gasteiger partial charge in [-0.25, -0.2) is 0 Å². The Morgan fingerprint density at radius 3 is 2.85 bits per heavy atom. The number of carbonyl (C=O) groups is 2. The lowest BCUT2D eigenvalue weighted by molar-refractivity contribution is -0.123. The number of rotatable bonds is 5. The van der Waals surface area contributed by atoms with Crippen molar-refractivity contribution in [2.45, 2.75) is 45.4 Å². The molecule has 0 aromatic heterocycles. The molecule has 0 aromatic rings. The number of hydrogen-bond acceptors (Lipinski definition) is 2. The van der Waals surface area contributed by atoms with Crippen LogP contribution < -0.4 is 0 Å². The highest BCUT2D eigenvalue weighted by molar-refractivity contribution is 5.86. The number of hydrogen-bond donors (Lipinski definition) is 0. The number of Topliss-reactive ketones (excluding diaryl/α,β-unsaturated/α-hetero) is 1. The van der Waals surface area contributed by atoms with Crippen molar-refractivity contribution in [3.63, 3.8) is 0 Å². The second-order valence-corrected chi connectivity index (χ2v) is 3.91. The maximum absolute atomic E-state index is 11.4. The topological polar surface area (TPSA) is 34.1 Å². The monoisotopic (exact) mass is 182 g/mol. The second kappa shape index (κ2) is 5.15. The maximum atomic E-state index is 11.4. The van der Waals surface area contributed by atoms with Crippen LogP contribution in [0.5, 0.6) is 0 Å². The van der Waals surface area contributed by atoms with Gasteiger partial charge in [-0.05, 0) is 12.8 Å². The minimum Gasteiger partial charge on any atom is -0.303 e. The van der Waals surface area contributed by atoms with Gasteiger partial charge in [0, 0.05) is 18.3 Å². The van der Waals surface area contributed by atoms with Crippen LogP contribution in [0.2, 0.25) is 0 Å². The smallest absolute Gasteiger partial charge is 0.136 e. The summed E-state index contributed by atoms with van der Waals surface area (Å²) in [4.78, 5) is 22.0. The van der Waals surface area contributed by atoms with Crippen molar-refractivity contribution in [2.24, 2.45) is 11.8 Å². The summed E-state index contributed by atoms with van der Waals surface area (Å²) in [5, 5.41) is 0. The fourth-order valence-corrected chi connectivity index (χ4v) is 2.09. The Labute approximate surface area is 79.7 Å². The first-order valence-corrected chi connectivity index (χ1v) is 5.27. The number of unbranched alkanes of at least 4 members (excludes halogenated alkanes) is 2. The van der Waals surface area contributed by atoms with Crippen LogP contribution in [-0.4, -0.2) is 12.1 Å². The van der Waals surface area contributed by atoms with Gasteiger partial charge in [0.1, 0.15) is 12.1 Å². The van der Waals surface area contributed by atoms with Gasteiger partial charge in [-0.15, -0.1) is 0 Å². The Morgan fingerprint density at radius 1 is 1.46 bits per heavy atom. The summed E-state index contributed by atoms with van der Waals surface area (Å²) < 4.78 is 0. The third-order valence-corrected chi connectivity index (χ3v) is 2.95. The molecular weight excluding hydrogens is 164 g/mol. The minimum absolute atomic E-state index is 0.0318. The van der Waals surface area contributed by atoms with Crippen LogP contribution in [0.15, 0.2) is 0 Å². The summed E-state index contributed by atoms with van der Waals surface area (Å²) >= 11 is 0. The average molecular weight is 182 g/mol. The molecule has 0 radical (unpaired) electrons. The summed E-state index contributed by atoms with van der Waals surface area (Å²) in [7, 11) is 0. The van der Waals surface area contributed by atoms with Crippen molar-refractivity contribution < 1.29 is 9.59 Å². The molecule has 0 heterocycles. The number of aldehydes is 1. The van der Waals surface area contributed by atoms with E-state index in [0.717, 1.165) is 25.5 Å². The third-order valence-electron chi connectivity index (χ3n) is 2.95. The molecule has 0 amide bonds. The van der Waals surface area contributed by atoms with E-state index in [4.69, 9.17) is 0 Å². The van der Waals surface area contributed by atoms with E-state index in [1.807, 2.05) is 0 Å². The van der Waals surface area contributed by atoms with Crippen LogP contribution >= 0.6 is 0 Å². The van der Waals surface area contributed by atoms with Crippen molar-refractivity contribution in [2.75, 3.05) is 0 Å². The Hall–Kier alpha value is -0.660. The van der Waals surface area contributed by atoms with Gasteiger partial charge < -0.3 is 4.79 Å². The Balaban J connectivity index is 2.36. The van der Waals surface area contributed by atoms with E-state index in [0.29, 0.717) is 12.2 Å². The van der Waals surface area contributed by atoms with Crippen molar-refractivity contribution in [1.82, 2.24) is 0 Å². The molecule has 0 spiro atoms. The van der Waals surface area contributed by atoms with Crippen LogP contribution in [0.1, 0.15) is 45.4 Å². The summed E-state index contributed by atoms with van der Waals surface area (Å²) in [6, 6.07) is 0. The first-order valence-electron chi connectivity index (χ1n) is 5.27. The van der Waals surface area contributed by atoms with Crippen LogP contribution in [-0.2, 0) is 9.59 Å². The van der Waals surface area contributed by atoms with Crippen LogP contribution in [0.3, 0.4) is 0 Å². The SMILES string of the molecule is CCCCCC1C(=O)CCC1C=O. The molecule has 0 bridgehead atoms. The molecule has 0 saturated heterocycles. The van der Waals surface area contributed by atoms with Gasteiger partial charge in [-0.2, -0.15) is 0 Å². The van der Waals surface area contributed by atoms with E-state index in [9.17, 15) is 9.59 Å². The Kier molecular flexibility index (Phi) is 4.13. The third kappa shape index (κ3) is 2.64. The molecule has 74 valence electrons. The van der Waals surface area contributed by atoms with Crippen molar-refractivity contribution in [3.8, 4) is 0 Å². The summed E-state index contributed by atoms with van der Waals surface area (Å²) in [6.45, 7) is 2.15. The molecule has 1 rings (SSSR count). The lowest BCUT2D eigenvalue weighted by atomic mass is 9.91. The van der Waals surface area contributed by atoms with E-state index in [1.165, 1.54) is 12.8 Å². The van der Waals surface area contributed by atoms with Crippen LogP contribution in [0.25, 0.3) is 0 Å². The van der Waals surface area contributed by atoms with Gasteiger partial charge >= 0.3 is 0 Å². The zero-order chi connectivity index (χ0) is 9.68. The fourth-order valence-electron chi connectivity index (χ4n) is 2.09.